The molecule has 0 heterocycles. The molecule has 1 fully saturated rings. The van der Waals surface area contributed by atoms with Crippen molar-refractivity contribution in [3.8, 4) is 0 Å². The Morgan fingerprint density at radius 2 is 0.897 bits per heavy atom. The van der Waals surface area contributed by atoms with E-state index in [9.17, 15) is 29.1 Å². The number of aliphatic hydroxyl groups is 1. The zero-order chi connectivity index (χ0) is 42.5. The smallest absolute Gasteiger partial charge is 0.465 e. The van der Waals surface area contributed by atoms with E-state index in [0.717, 1.165) is 116 Å². The van der Waals surface area contributed by atoms with Gasteiger partial charge in [-0.1, -0.05) is 111 Å². The van der Waals surface area contributed by atoms with Gasteiger partial charge in [0.15, 0.2) is 0 Å². The van der Waals surface area contributed by atoms with Crippen LogP contribution in [0.3, 0.4) is 0 Å². The molecule has 1 saturated carbocycles. The highest BCUT2D eigenvalue weighted by atomic mass is 16.7. The number of carbonyl (C=O) groups excluding carboxylic acids is 5. The SMILES string of the molecule is CCCCCCCCC(=O)OCC(COC(=O)CCCC(COC(=O)CCCCCCC)COC(=O)CCCCCCC)COC(=O)OCCN(CCO)C1CCC1. The highest BCUT2D eigenvalue weighted by Crippen LogP contribution is 2.24. The van der Waals surface area contributed by atoms with Crippen LogP contribution in [0.5, 0.6) is 0 Å². The summed E-state index contributed by atoms with van der Waals surface area (Å²) in [7, 11) is 0. The summed E-state index contributed by atoms with van der Waals surface area (Å²) < 4.78 is 32.8. The number of carbonyl (C=O) groups is 5. The van der Waals surface area contributed by atoms with E-state index in [4.69, 9.17) is 28.4 Å². The lowest BCUT2D eigenvalue weighted by atomic mass is 9.91. The zero-order valence-electron chi connectivity index (χ0n) is 36.7. The molecule has 0 radical (unpaired) electrons. The van der Waals surface area contributed by atoms with Crippen molar-refractivity contribution in [3.63, 3.8) is 0 Å². The van der Waals surface area contributed by atoms with Crippen LogP contribution in [0.25, 0.3) is 0 Å². The van der Waals surface area contributed by atoms with Gasteiger partial charge in [-0.2, -0.15) is 0 Å². The van der Waals surface area contributed by atoms with Crippen LogP contribution in [0.15, 0.2) is 0 Å². The van der Waals surface area contributed by atoms with Gasteiger partial charge in [-0.15, -0.1) is 0 Å². The number of unbranched alkanes of at least 4 members (excludes halogenated alkanes) is 13. The third-order valence-corrected chi connectivity index (χ3v) is 10.6. The van der Waals surface area contributed by atoms with Gasteiger partial charge in [0.25, 0.3) is 0 Å². The van der Waals surface area contributed by atoms with E-state index in [-0.39, 0.29) is 82.9 Å². The molecule has 0 aromatic rings. The third kappa shape index (κ3) is 30.2. The van der Waals surface area contributed by atoms with Crippen LogP contribution < -0.4 is 0 Å². The number of nitrogens with zero attached hydrogens (tertiary/aromatic N) is 1. The highest BCUT2D eigenvalue weighted by molar-refractivity contribution is 5.70. The Bertz CT molecular complexity index is 1040. The summed E-state index contributed by atoms with van der Waals surface area (Å²) in [6.45, 7) is 7.41. The molecule has 0 aromatic heterocycles. The van der Waals surface area contributed by atoms with Crippen LogP contribution in [-0.2, 0) is 47.6 Å². The molecule has 1 aliphatic rings. The molecule has 0 aliphatic heterocycles. The third-order valence-electron chi connectivity index (χ3n) is 10.6. The van der Waals surface area contributed by atoms with Crippen molar-refractivity contribution in [1.29, 1.82) is 0 Å². The van der Waals surface area contributed by atoms with Crippen LogP contribution in [0, 0.1) is 11.8 Å². The van der Waals surface area contributed by atoms with Crippen molar-refractivity contribution >= 4 is 30.0 Å². The second-order valence-electron chi connectivity index (χ2n) is 16.0. The molecule has 0 bridgehead atoms. The van der Waals surface area contributed by atoms with Crippen LogP contribution in [0.2, 0.25) is 0 Å². The predicted octanol–water partition coefficient (Wildman–Crippen LogP) is 9.03. The average Bonchev–Trinajstić information content (AvgIpc) is 3.18. The molecule has 0 amide bonds. The van der Waals surface area contributed by atoms with Gasteiger partial charge in [-0.3, -0.25) is 24.1 Å². The quantitative estimate of drug-likeness (QED) is 0.0355. The molecule has 1 N–H and O–H groups in total. The zero-order valence-corrected chi connectivity index (χ0v) is 36.7. The first-order chi connectivity index (χ1) is 28.2. The van der Waals surface area contributed by atoms with E-state index in [0.29, 0.717) is 44.8 Å². The van der Waals surface area contributed by atoms with Crippen LogP contribution in [0.4, 0.5) is 4.79 Å². The molecule has 1 atom stereocenters. The molecule has 1 unspecified atom stereocenters. The average molecular weight is 828 g/mol. The summed E-state index contributed by atoms with van der Waals surface area (Å²) in [4.78, 5) is 64.8. The first kappa shape index (κ1) is 53.1. The Hall–Kier alpha value is -2.93. The van der Waals surface area contributed by atoms with Gasteiger partial charge in [-0.25, -0.2) is 4.79 Å². The maximum absolute atomic E-state index is 12.9. The summed E-state index contributed by atoms with van der Waals surface area (Å²) in [6, 6.07) is 0.391. The van der Waals surface area contributed by atoms with Crippen molar-refractivity contribution in [2.24, 2.45) is 11.8 Å². The number of ether oxygens (including phenoxy) is 6. The maximum atomic E-state index is 12.9. The second kappa shape index (κ2) is 37.1. The number of esters is 4. The molecule has 0 saturated heterocycles. The number of rotatable bonds is 39. The number of hydrogen-bond donors (Lipinski definition) is 1. The molecule has 0 spiro atoms. The Kier molecular flexibility index (Phi) is 34.0. The first-order valence-electron chi connectivity index (χ1n) is 23.0. The number of hydrogen-bond acceptors (Lipinski definition) is 13. The van der Waals surface area contributed by atoms with Gasteiger partial charge in [0.2, 0.25) is 0 Å². The standard InChI is InChI=1S/C45H81NO12/c1-4-7-10-13-16-19-27-43(50)56-35-39(37-58-45(52)53-32-30-46(29-31-47)40-23-21-24-40)36-57-44(51)28-20-22-38(33-54-41(48)25-17-14-11-8-5-2)34-55-42(49)26-18-15-12-9-6-3/h38-40,47H,4-37H2,1-3H3. The Morgan fingerprint density at radius 3 is 1.31 bits per heavy atom. The van der Waals surface area contributed by atoms with Crippen molar-refractivity contribution in [1.82, 2.24) is 4.90 Å². The molecule has 13 heteroatoms. The van der Waals surface area contributed by atoms with Crippen LogP contribution in [-0.4, -0.2) is 105 Å². The van der Waals surface area contributed by atoms with Crippen molar-refractivity contribution in [3.05, 3.63) is 0 Å². The predicted molar refractivity (Wildman–Crippen MR) is 223 cm³/mol. The van der Waals surface area contributed by atoms with E-state index < -0.39 is 18.0 Å². The Labute approximate surface area is 350 Å². The monoisotopic (exact) mass is 828 g/mol. The Balaban J connectivity index is 2.65. The minimum absolute atomic E-state index is 0.0307. The van der Waals surface area contributed by atoms with Gasteiger partial charge in [0.1, 0.15) is 26.4 Å². The number of aliphatic hydroxyl groups excluding tert-OH is 1. The fourth-order valence-corrected chi connectivity index (χ4v) is 6.65. The summed E-state index contributed by atoms with van der Waals surface area (Å²) in [6.07, 6.45) is 20.8. The van der Waals surface area contributed by atoms with Crippen molar-refractivity contribution in [2.75, 3.05) is 59.3 Å². The first-order valence-corrected chi connectivity index (χ1v) is 23.0. The van der Waals surface area contributed by atoms with Gasteiger partial charge in [0.05, 0.1) is 25.7 Å². The lowest BCUT2D eigenvalue weighted by molar-refractivity contribution is -0.152. The van der Waals surface area contributed by atoms with Crippen molar-refractivity contribution < 1.29 is 57.5 Å². The van der Waals surface area contributed by atoms with Gasteiger partial charge in [0, 0.05) is 50.7 Å². The van der Waals surface area contributed by atoms with Crippen LogP contribution in [0.1, 0.15) is 181 Å². The summed E-state index contributed by atoms with van der Waals surface area (Å²) in [5.41, 5.74) is 0. The fraction of sp³-hybridized carbons (Fsp3) is 0.889. The van der Waals surface area contributed by atoms with E-state index in [1.54, 1.807) is 0 Å². The maximum Gasteiger partial charge on any atom is 0.508 e. The normalized spacial score (nSPS) is 13.2. The molecular weight excluding hydrogens is 746 g/mol. The summed E-state index contributed by atoms with van der Waals surface area (Å²) >= 11 is 0. The molecule has 1 rings (SSSR count). The van der Waals surface area contributed by atoms with E-state index in [2.05, 4.69) is 25.7 Å². The molecule has 58 heavy (non-hydrogen) atoms. The van der Waals surface area contributed by atoms with E-state index in [1.807, 2.05) is 0 Å². The van der Waals surface area contributed by atoms with E-state index in [1.165, 1.54) is 6.42 Å². The minimum atomic E-state index is -0.868. The van der Waals surface area contributed by atoms with Crippen LogP contribution >= 0.6 is 0 Å². The Morgan fingerprint density at radius 1 is 0.500 bits per heavy atom. The summed E-state index contributed by atoms with van der Waals surface area (Å²) in [5.74, 6) is -2.23. The topological polar surface area (TPSA) is 164 Å². The lowest BCUT2D eigenvalue weighted by Gasteiger charge is -2.36. The molecule has 13 nitrogen and oxygen atoms in total. The molecule has 338 valence electrons. The van der Waals surface area contributed by atoms with Gasteiger partial charge < -0.3 is 33.5 Å². The molecule has 0 aromatic carbocycles. The molecular formula is C45H81NO12. The van der Waals surface area contributed by atoms with Gasteiger partial charge in [-0.05, 0) is 44.9 Å². The largest absolute Gasteiger partial charge is 0.508 e. The van der Waals surface area contributed by atoms with Crippen molar-refractivity contribution in [2.45, 2.75) is 187 Å². The highest BCUT2D eigenvalue weighted by Gasteiger charge is 2.25. The van der Waals surface area contributed by atoms with E-state index >= 15 is 0 Å². The lowest BCUT2D eigenvalue weighted by Crippen LogP contribution is -2.43. The fourth-order valence-electron chi connectivity index (χ4n) is 6.65. The van der Waals surface area contributed by atoms with Gasteiger partial charge >= 0.3 is 30.0 Å². The summed E-state index contributed by atoms with van der Waals surface area (Å²) in [5, 5.41) is 9.39. The minimum Gasteiger partial charge on any atom is -0.465 e. The second-order valence-corrected chi connectivity index (χ2v) is 16.0. The molecule has 1 aliphatic carbocycles.